The lowest BCUT2D eigenvalue weighted by atomic mass is 10.1. The normalized spacial score (nSPS) is 10.8. The summed E-state index contributed by atoms with van der Waals surface area (Å²) >= 11 is 1.46. The topological polar surface area (TPSA) is 46.1 Å². The van der Waals surface area contributed by atoms with E-state index in [1.165, 1.54) is 11.3 Å². The van der Waals surface area contributed by atoms with Crippen molar-refractivity contribution < 1.29 is 4.79 Å². The van der Waals surface area contributed by atoms with Crippen LogP contribution in [0.4, 0.5) is 5.13 Å². The van der Waals surface area contributed by atoms with Crippen LogP contribution in [0.15, 0.2) is 24.3 Å². The molecule has 4 nitrogen and oxygen atoms in total. The quantitative estimate of drug-likeness (QED) is 0.865. The molecule has 0 atom stereocenters. The summed E-state index contributed by atoms with van der Waals surface area (Å²) in [6.07, 6.45) is 0. The Morgan fingerprint density at radius 1 is 1.30 bits per heavy atom. The Balaban J connectivity index is 2.32. The number of hydrogen-bond donors (Lipinski definition) is 0. The second-order valence-electron chi connectivity index (χ2n) is 5.23. The third-order valence-corrected chi connectivity index (χ3v) is 3.93. The van der Waals surface area contributed by atoms with Crippen molar-refractivity contribution in [2.24, 2.45) is 5.92 Å². The molecule has 1 amide bonds. The van der Waals surface area contributed by atoms with Crippen molar-refractivity contribution in [1.29, 1.82) is 0 Å². The van der Waals surface area contributed by atoms with E-state index in [1.54, 1.807) is 11.8 Å². The van der Waals surface area contributed by atoms with Crippen LogP contribution in [0.5, 0.6) is 0 Å². The monoisotopic (exact) mass is 289 g/mol. The lowest BCUT2D eigenvalue weighted by Gasteiger charge is -2.19. The van der Waals surface area contributed by atoms with Gasteiger partial charge in [0.25, 0.3) is 0 Å². The van der Waals surface area contributed by atoms with Crippen molar-refractivity contribution in [3.05, 3.63) is 29.8 Å². The fourth-order valence-electron chi connectivity index (χ4n) is 1.95. The summed E-state index contributed by atoms with van der Waals surface area (Å²) in [5.74, 6) is 0.399. The molecule has 0 aliphatic carbocycles. The molecule has 1 heterocycles. The molecule has 0 spiro atoms. The first-order chi connectivity index (χ1) is 9.49. The van der Waals surface area contributed by atoms with E-state index in [0.29, 0.717) is 17.6 Å². The Labute approximate surface area is 123 Å². The van der Waals surface area contributed by atoms with Crippen molar-refractivity contribution in [3.63, 3.8) is 0 Å². The van der Waals surface area contributed by atoms with Gasteiger partial charge in [-0.3, -0.25) is 9.69 Å². The molecule has 0 saturated carbocycles. The average molecular weight is 289 g/mol. The lowest BCUT2D eigenvalue weighted by molar-refractivity contribution is -0.116. The van der Waals surface area contributed by atoms with Gasteiger partial charge < -0.3 is 0 Å². The van der Waals surface area contributed by atoms with Gasteiger partial charge in [-0.25, -0.2) is 0 Å². The van der Waals surface area contributed by atoms with Crippen LogP contribution in [0.3, 0.4) is 0 Å². The molecule has 0 bridgehead atoms. The number of amides is 1. The minimum atomic E-state index is 0.00573. The van der Waals surface area contributed by atoms with E-state index in [4.69, 9.17) is 0 Å². The van der Waals surface area contributed by atoms with Gasteiger partial charge in [-0.05, 0) is 18.4 Å². The predicted molar refractivity (Wildman–Crippen MR) is 82.9 cm³/mol. The number of aromatic nitrogens is 2. The molecule has 20 heavy (non-hydrogen) atoms. The predicted octanol–water partition coefficient (Wildman–Crippen LogP) is 3.52. The van der Waals surface area contributed by atoms with E-state index in [-0.39, 0.29) is 5.91 Å². The minimum Gasteiger partial charge on any atom is -0.287 e. The van der Waals surface area contributed by atoms with E-state index in [2.05, 4.69) is 24.0 Å². The second kappa shape index (κ2) is 6.13. The zero-order valence-electron chi connectivity index (χ0n) is 12.3. The summed E-state index contributed by atoms with van der Waals surface area (Å²) in [5, 5.41) is 9.94. The number of aryl methyl sites for hydroxylation is 1. The molecule has 2 rings (SSSR count). The number of hydrogen-bond acceptors (Lipinski definition) is 4. The molecule has 0 N–H and O–H groups in total. The minimum absolute atomic E-state index is 0.00573. The SMILES string of the molecule is CC(=O)N(CC(C)C)c1nnc(-c2ccccc2C)s1. The molecule has 0 fully saturated rings. The lowest BCUT2D eigenvalue weighted by Crippen LogP contribution is -2.32. The van der Waals surface area contributed by atoms with Crippen LogP contribution in [0.2, 0.25) is 0 Å². The highest BCUT2D eigenvalue weighted by Gasteiger charge is 2.18. The van der Waals surface area contributed by atoms with E-state index in [9.17, 15) is 4.79 Å². The highest BCUT2D eigenvalue weighted by molar-refractivity contribution is 7.18. The summed E-state index contributed by atoms with van der Waals surface area (Å²) in [6, 6.07) is 8.06. The molecule has 1 aromatic carbocycles. The van der Waals surface area contributed by atoms with E-state index >= 15 is 0 Å². The van der Waals surface area contributed by atoms with Gasteiger partial charge in [0.1, 0.15) is 5.01 Å². The van der Waals surface area contributed by atoms with Crippen molar-refractivity contribution in [2.75, 3.05) is 11.4 Å². The molecule has 0 unspecified atom stereocenters. The zero-order chi connectivity index (χ0) is 14.7. The van der Waals surface area contributed by atoms with Crippen LogP contribution < -0.4 is 4.90 Å². The van der Waals surface area contributed by atoms with Crippen molar-refractivity contribution in [1.82, 2.24) is 10.2 Å². The van der Waals surface area contributed by atoms with Gasteiger partial charge >= 0.3 is 0 Å². The van der Waals surface area contributed by atoms with Gasteiger partial charge in [0.15, 0.2) is 0 Å². The number of benzene rings is 1. The fraction of sp³-hybridized carbons (Fsp3) is 0.400. The molecule has 0 radical (unpaired) electrons. The van der Waals surface area contributed by atoms with Crippen molar-refractivity contribution in [3.8, 4) is 10.6 Å². The highest BCUT2D eigenvalue weighted by Crippen LogP contribution is 2.30. The Hall–Kier alpha value is -1.75. The van der Waals surface area contributed by atoms with Crippen LogP contribution in [-0.4, -0.2) is 22.6 Å². The van der Waals surface area contributed by atoms with Gasteiger partial charge in [0, 0.05) is 19.0 Å². The fourth-order valence-corrected chi connectivity index (χ4v) is 2.94. The first-order valence-corrected chi connectivity index (χ1v) is 7.48. The van der Waals surface area contributed by atoms with Crippen molar-refractivity contribution in [2.45, 2.75) is 27.7 Å². The number of rotatable bonds is 4. The third-order valence-electron chi connectivity index (χ3n) is 2.95. The summed E-state index contributed by atoms with van der Waals surface area (Å²) in [7, 11) is 0. The summed E-state index contributed by atoms with van der Waals surface area (Å²) in [6.45, 7) is 8.45. The maximum absolute atomic E-state index is 11.8. The Bertz CT molecular complexity index is 607. The smallest absolute Gasteiger partial charge is 0.225 e. The largest absolute Gasteiger partial charge is 0.287 e. The van der Waals surface area contributed by atoms with Crippen LogP contribution >= 0.6 is 11.3 Å². The molecule has 106 valence electrons. The first kappa shape index (κ1) is 14.7. The number of carbonyl (C=O) groups excluding carboxylic acids is 1. The van der Waals surface area contributed by atoms with Gasteiger partial charge in [-0.15, -0.1) is 10.2 Å². The Morgan fingerprint density at radius 3 is 2.60 bits per heavy atom. The van der Waals surface area contributed by atoms with Gasteiger partial charge in [-0.1, -0.05) is 49.4 Å². The molecule has 0 saturated heterocycles. The van der Waals surface area contributed by atoms with Crippen molar-refractivity contribution >= 4 is 22.4 Å². The zero-order valence-corrected chi connectivity index (χ0v) is 13.1. The molecule has 2 aromatic rings. The van der Waals surface area contributed by atoms with Gasteiger partial charge in [0.05, 0.1) is 0 Å². The van der Waals surface area contributed by atoms with Crippen LogP contribution in [-0.2, 0) is 4.79 Å². The van der Waals surface area contributed by atoms with Gasteiger partial charge in [0.2, 0.25) is 11.0 Å². The molecule has 1 aromatic heterocycles. The second-order valence-corrected chi connectivity index (χ2v) is 6.18. The summed E-state index contributed by atoms with van der Waals surface area (Å²) < 4.78 is 0. The Kier molecular flexibility index (Phi) is 4.49. The first-order valence-electron chi connectivity index (χ1n) is 6.66. The summed E-state index contributed by atoms with van der Waals surface area (Å²) in [4.78, 5) is 13.5. The highest BCUT2D eigenvalue weighted by atomic mass is 32.1. The maximum Gasteiger partial charge on any atom is 0.225 e. The third kappa shape index (κ3) is 3.22. The number of carbonyl (C=O) groups is 1. The maximum atomic E-state index is 11.8. The molecule has 5 heteroatoms. The van der Waals surface area contributed by atoms with E-state index in [0.717, 1.165) is 16.1 Å². The number of nitrogens with zero attached hydrogens (tertiary/aromatic N) is 3. The average Bonchev–Trinajstić information content (AvgIpc) is 2.85. The molecular formula is C15H19N3OS. The molecule has 0 aliphatic heterocycles. The number of anilines is 1. The van der Waals surface area contributed by atoms with E-state index in [1.807, 2.05) is 31.2 Å². The van der Waals surface area contributed by atoms with Gasteiger partial charge in [-0.2, -0.15) is 0 Å². The van der Waals surface area contributed by atoms with Crippen LogP contribution in [0, 0.1) is 12.8 Å². The standard InChI is InChI=1S/C15H19N3OS/c1-10(2)9-18(12(4)19)15-17-16-14(20-15)13-8-6-5-7-11(13)3/h5-8,10H,9H2,1-4H3. The molecule has 0 aliphatic rings. The van der Waals surface area contributed by atoms with Crippen LogP contribution in [0.1, 0.15) is 26.3 Å². The molecular weight excluding hydrogens is 270 g/mol. The van der Waals surface area contributed by atoms with Crippen LogP contribution in [0.25, 0.3) is 10.6 Å². The Morgan fingerprint density at radius 2 is 2.00 bits per heavy atom. The summed E-state index contributed by atoms with van der Waals surface area (Å²) in [5.41, 5.74) is 2.23. The van der Waals surface area contributed by atoms with E-state index < -0.39 is 0 Å².